The van der Waals surface area contributed by atoms with E-state index in [0.717, 1.165) is 52.7 Å². The highest BCUT2D eigenvalue weighted by molar-refractivity contribution is 7.89. The van der Waals surface area contributed by atoms with Crippen molar-refractivity contribution >= 4 is 33.0 Å². The zero-order valence-corrected chi connectivity index (χ0v) is 21.0. The van der Waals surface area contributed by atoms with Gasteiger partial charge in [-0.2, -0.15) is 4.98 Å². The minimum atomic E-state index is -3.71. The second-order valence-electron chi connectivity index (χ2n) is 8.99. The molecule has 2 N–H and O–H groups in total. The van der Waals surface area contributed by atoms with Crippen molar-refractivity contribution in [3.8, 4) is 0 Å². The number of carbonyl (C=O) groups excluding carboxylic acids is 1. The number of rotatable bonds is 8. The quantitative estimate of drug-likeness (QED) is 0.507. The lowest BCUT2D eigenvalue weighted by molar-refractivity contribution is -0.120. The molecule has 1 aliphatic heterocycles. The molecule has 2 aromatic carbocycles. The van der Waals surface area contributed by atoms with Gasteiger partial charge >= 0.3 is 0 Å². The molecule has 34 heavy (non-hydrogen) atoms. The maximum atomic E-state index is 12.9. The van der Waals surface area contributed by atoms with Gasteiger partial charge in [0, 0.05) is 26.1 Å². The minimum absolute atomic E-state index is 0.0412. The molecule has 0 saturated carbocycles. The van der Waals surface area contributed by atoms with Crippen LogP contribution in [0.3, 0.4) is 0 Å². The highest BCUT2D eigenvalue weighted by atomic mass is 32.2. The summed E-state index contributed by atoms with van der Waals surface area (Å²) in [6.07, 6.45) is 1.99. The summed E-state index contributed by atoms with van der Waals surface area (Å²) in [6, 6.07) is 10.3. The molecular formula is C25H32N4O4S. The number of amides is 1. The SMILES string of the molecule is Cc1cc(C)c(C)c(S(=O)(=O)NCCC(=O)NCC2CCCN2c2nc3ccccc3o2)c1C. The predicted octanol–water partition coefficient (Wildman–Crippen LogP) is 3.52. The molecule has 2 heterocycles. The van der Waals surface area contributed by atoms with E-state index in [2.05, 4.69) is 19.9 Å². The molecule has 8 nitrogen and oxygen atoms in total. The number of aromatic nitrogens is 1. The molecule has 0 spiro atoms. The Morgan fingerprint density at radius 2 is 1.85 bits per heavy atom. The highest BCUT2D eigenvalue weighted by Gasteiger charge is 2.29. The van der Waals surface area contributed by atoms with E-state index >= 15 is 0 Å². The Bertz CT molecular complexity index is 1260. The Kier molecular flexibility index (Phi) is 6.95. The lowest BCUT2D eigenvalue weighted by Gasteiger charge is -2.23. The third-order valence-electron chi connectivity index (χ3n) is 6.65. The third kappa shape index (κ3) is 4.95. The first kappa shape index (κ1) is 24.2. The number of fused-ring (bicyclic) bond motifs is 1. The van der Waals surface area contributed by atoms with E-state index in [-0.39, 0.29) is 24.9 Å². The van der Waals surface area contributed by atoms with Gasteiger partial charge in [0.2, 0.25) is 15.9 Å². The Hall–Kier alpha value is -2.91. The van der Waals surface area contributed by atoms with Gasteiger partial charge in [0.1, 0.15) is 5.52 Å². The van der Waals surface area contributed by atoms with Crippen molar-refractivity contribution in [2.75, 3.05) is 24.5 Å². The number of carbonyl (C=O) groups is 1. The van der Waals surface area contributed by atoms with Crippen LogP contribution in [0, 0.1) is 27.7 Å². The van der Waals surface area contributed by atoms with Crippen molar-refractivity contribution in [1.29, 1.82) is 0 Å². The molecule has 1 aliphatic rings. The fourth-order valence-corrected chi connectivity index (χ4v) is 6.20. The van der Waals surface area contributed by atoms with Crippen LogP contribution in [0.1, 0.15) is 41.5 Å². The lowest BCUT2D eigenvalue weighted by Crippen LogP contribution is -2.41. The Balaban J connectivity index is 1.31. The molecule has 1 saturated heterocycles. The van der Waals surface area contributed by atoms with Crippen LogP contribution in [0.15, 0.2) is 39.6 Å². The van der Waals surface area contributed by atoms with Crippen LogP contribution in [0.25, 0.3) is 11.1 Å². The smallest absolute Gasteiger partial charge is 0.298 e. The van der Waals surface area contributed by atoms with Crippen molar-refractivity contribution in [1.82, 2.24) is 15.0 Å². The van der Waals surface area contributed by atoms with Crippen molar-refractivity contribution in [2.24, 2.45) is 0 Å². The summed E-state index contributed by atoms with van der Waals surface area (Å²) in [5.74, 6) is -0.194. The molecule has 1 atom stereocenters. The second-order valence-corrected chi connectivity index (χ2v) is 10.7. The molecule has 1 amide bonds. The second kappa shape index (κ2) is 9.76. The molecule has 182 valence electrons. The van der Waals surface area contributed by atoms with E-state index in [4.69, 9.17) is 4.42 Å². The van der Waals surface area contributed by atoms with Crippen LogP contribution >= 0.6 is 0 Å². The topological polar surface area (TPSA) is 105 Å². The zero-order valence-electron chi connectivity index (χ0n) is 20.1. The van der Waals surface area contributed by atoms with E-state index in [1.165, 1.54) is 0 Å². The molecule has 1 fully saturated rings. The summed E-state index contributed by atoms with van der Waals surface area (Å²) in [7, 11) is -3.71. The summed E-state index contributed by atoms with van der Waals surface area (Å²) >= 11 is 0. The first-order chi connectivity index (χ1) is 16.2. The van der Waals surface area contributed by atoms with Crippen LogP contribution in [-0.4, -0.2) is 45.0 Å². The number of anilines is 1. The van der Waals surface area contributed by atoms with E-state index in [0.29, 0.717) is 17.5 Å². The monoisotopic (exact) mass is 484 g/mol. The summed E-state index contributed by atoms with van der Waals surface area (Å²) in [6.45, 7) is 8.75. The summed E-state index contributed by atoms with van der Waals surface area (Å²) < 4.78 is 34.4. The number of sulfonamides is 1. The Labute approximate surface area is 200 Å². The van der Waals surface area contributed by atoms with Crippen LogP contribution in [0.2, 0.25) is 0 Å². The number of oxazole rings is 1. The molecule has 4 rings (SSSR count). The number of hydrogen-bond acceptors (Lipinski definition) is 6. The van der Waals surface area contributed by atoms with E-state index in [1.54, 1.807) is 0 Å². The van der Waals surface area contributed by atoms with Gasteiger partial charge in [-0.15, -0.1) is 0 Å². The number of aryl methyl sites for hydroxylation is 2. The van der Waals surface area contributed by atoms with Crippen LogP contribution in [0.4, 0.5) is 6.01 Å². The number of nitrogens with one attached hydrogen (secondary N) is 2. The number of para-hydroxylation sites is 2. The number of benzene rings is 2. The lowest BCUT2D eigenvalue weighted by atomic mass is 10.0. The largest absolute Gasteiger partial charge is 0.423 e. The van der Waals surface area contributed by atoms with Crippen molar-refractivity contribution < 1.29 is 17.6 Å². The number of nitrogens with zero attached hydrogens (tertiary/aromatic N) is 2. The fourth-order valence-electron chi connectivity index (χ4n) is 4.56. The van der Waals surface area contributed by atoms with Crippen LogP contribution in [-0.2, 0) is 14.8 Å². The molecule has 0 radical (unpaired) electrons. The van der Waals surface area contributed by atoms with Gasteiger partial charge in [-0.3, -0.25) is 4.79 Å². The van der Waals surface area contributed by atoms with Gasteiger partial charge in [0.05, 0.1) is 10.9 Å². The first-order valence-electron chi connectivity index (χ1n) is 11.6. The van der Waals surface area contributed by atoms with Gasteiger partial charge < -0.3 is 14.6 Å². The van der Waals surface area contributed by atoms with Crippen molar-refractivity contribution in [2.45, 2.75) is 57.9 Å². The molecule has 3 aromatic rings. The molecule has 1 aromatic heterocycles. The minimum Gasteiger partial charge on any atom is -0.423 e. The maximum absolute atomic E-state index is 12.9. The van der Waals surface area contributed by atoms with E-state index < -0.39 is 10.0 Å². The maximum Gasteiger partial charge on any atom is 0.298 e. The van der Waals surface area contributed by atoms with Crippen LogP contribution in [0.5, 0.6) is 0 Å². The van der Waals surface area contributed by atoms with E-state index in [1.807, 2.05) is 58.0 Å². The average molecular weight is 485 g/mol. The van der Waals surface area contributed by atoms with Crippen molar-refractivity contribution in [3.63, 3.8) is 0 Å². The van der Waals surface area contributed by atoms with Crippen LogP contribution < -0.4 is 14.9 Å². The Morgan fingerprint density at radius 1 is 1.15 bits per heavy atom. The molecule has 0 aliphatic carbocycles. The standard InChI is InChI=1S/C25H32N4O4S/c1-16-14-17(2)19(4)24(18(16)3)34(31,32)27-12-11-23(30)26-15-20-8-7-13-29(20)25-28-21-9-5-6-10-22(21)33-25/h5-6,9-10,14,20,27H,7-8,11-13,15H2,1-4H3,(H,26,30). The van der Waals surface area contributed by atoms with Gasteiger partial charge in [0.25, 0.3) is 6.01 Å². The predicted molar refractivity (Wildman–Crippen MR) is 133 cm³/mol. The number of hydrogen-bond donors (Lipinski definition) is 2. The summed E-state index contributed by atoms with van der Waals surface area (Å²) in [5.41, 5.74) is 4.89. The fraction of sp³-hybridized carbons (Fsp3) is 0.440. The van der Waals surface area contributed by atoms with Gasteiger partial charge in [-0.25, -0.2) is 13.1 Å². The van der Waals surface area contributed by atoms with Gasteiger partial charge in [0.15, 0.2) is 5.58 Å². The summed E-state index contributed by atoms with van der Waals surface area (Å²) in [5, 5.41) is 2.94. The van der Waals surface area contributed by atoms with E-state index in [9.17, 15) is 13.2 Å². The highest BCUT2D eigenvalue weighted by Crippen LogP contribution is 2.28. The first-order valence-corrected chi connectivity index (χ1v) is 13.1. The van der Waals surface area contributed by atoms with Crippen molar-refractivity contribution in [3.05, 3.63) is 52.6 Å². The molecule has 0 bridgehead atoms. The molecule has 9 heteroatoms. The normalized spacial score (nSPS) is 16.4. The Morgan fingerprint density at radius 3 is 2.56 bits per heavy atom. The van der Waals surface area contributed by atoms with Gasteiger partial charge in [-0.1, -0.05) is 18.2 Å². The zero-order chi connectivity index (χ0) is 24.5. The molecular weight excluding hydrogens is 452 g/mol. The average Bonchev–Trinajstić information content (AvgIpc) is 3.42. The molecule has 1 unspecified atom stereocenters. The van der Waals surface area contributed by atoms with Gasteiger partial charge in [-0.05, 0) is 74.9 Å². The summed E-state index contributed by atoms with van der Waals surface area (Å²) in [4.78, 5) is 19.4. The third-order valence-corrected chi connectivity index (χ3v) is 8.38.